The van der Waals surface area contributed by atoms with Crippen LogP contribution in [0.4, 0.5) is 0 Å². The molecule has 0 saturated carbocycles. The first kappa shape index (κ1) is 17.2. The summed E-state index contributed by atoms with van der Waals surface area (Å²) < 4.78 is 2.26. The third-order valence-electron chi connectivity index (χ3n) is 4.30. The van der Waals surface area contributed by atoms with Crippen LogP contribution in [0.1, 0.15) is 36.7 Å². The largest absolute Gasteiger partial charge is 0.356 e. The molecule has 3 aromatic rings. The SMILES string of the molecule is CCCC(=O)NCCc1nc2ccccc2n1Cc1cccc(C)c1. The van der Waals surface area contributed by atoms with E-state index in [2.05, 4.69) is 47.1 Å². The number of amides is 1. The highest BCUT2D eigenvalue weighted by molar-refractivity contribution is 5.76. The Kier molecular flexibility index (Phi) is 5.49. The zero-order chi connectivity index (χ0) is 17.6. The van der Waals surface area contributed by atoms with Gasteiger partial charge in [-0.15, -0.1) is 0 Å². The molecule has 0 aliphatic rings. The molecule has 3 rings (SSSR count). The lowest BCUT2D eigenvalue weighted by Gasteiger charge is -2.11. The number of hydrogen-bond donors (Lipinski definition) is 1. The van der Waals surface area contributed by atoms with Gasteiger partial charge in [-0.05, 0) is 31.0 Å². The number of nitrogens with zero attached hydrogens (tertiary/aromatic N) is 2. The standard InChI is InChI=1S/C21H25N3O/c1-3-7-21(25)22-13-12-20-23-18-10-4-5-11-19(18)24(20)15-17-9-6-8-16(2)14-17/h4-6,8-11,14H,3,7,12-13,15H2,1-2H3,(H,22,25). The Morgan fingerprint density at radius 3 is 2.80 bits per heavy atom. The Labute approximate surface area is 148 Å². The van der Waals surface area contributed by atoms with Crippen LogP contribution in [0.2, 0.25) is 0 Å². The number of aryl methyl sites for hydroxylation is 1. The van der Waals surface area contributed by atoms with Gasteiger partial charge in [0.2, 0.25) is 5.91 Å². The molecule has 0 aliphatic heterocycles. The van der Waals surface area contributed by atoms with Gasteiger partial charge >= 0.3 is 0 Å². The Bertz CT molecular complexity index is 866. The van der Waals surface area contributed by atoms with E-state index >= 15 is 0 Å². The van der Waals surface area contributed by atoms with Crippen LogP contribution in [0.25, 0.3) is 11.0 Å². The zero-order valence-corrected chi connectivity index (χ0v) is 15.0. The van der Waals surface area contributed by atoms with E-state index < -0.39 is 0 Å². The van der Waals surface area contributed by atoms with Crippen molar-refractivity contribution in [1.29, 1.82) is 0 Å². The number of fused-ring (bicyclic) bond motifs is 1. The summed E-state index contributed by atoms with van der Waals surface area (Å²) in [5.74, 6) is 1.13. The van der Waals surface area contributed by atoms with E-state index in [1.807, 2.05) is 25.1 Å². The smallest absolute Gasteiger partial charge is 0.219 e. The lowest BCUT2D eigenvalue weighted by atomic mass is 10.1. The summed E-state index contributed by atoms with van der Waals surface area (Å²) >= 11 is 0. The molecule has 1 heterocycles. The van der Waals surface area contributed by atoms with Crippen molar-refractivity contribution in [3.8, 4) is 0 Å². The van der Waals surface area contributed by atoms with Gasteiger partial charge in [-0.1, -0.05) is 48.9 Å². The molecular formula is C21H25N3O. The number of carbonyl (C=O) groups is 1. The molecule has 0 aliphatic carbocycles. The average molecular weight is 335 g/mol. The van der Waals surface area contributed by atoms with Gasteiger partial charge in [0.25, 0.3) is 0 Å². The van der Waals surface area contributed by atoms with Crippen molar-refractivity contribution in [3.05, 3.63) is 65.5 Å². The third-order valence-corrected chi connectivity index (χ3v) is 4.30. The first-order chi connectivity index (χ1) is 12.2. The fourth-order valence-corrected chi connectivity index (χ4v) is 3.11. The molecular weight excluding hydrogens is 310 g/mol. The monoisotopic (exact) mass is 335 g/mol. The molecule has 0 spiro atoms. The van der Waals surface area contributed by atoms with Crippen LogP contribution >= 0.6 is 0 Å². The molecule has 4 nitrogen and oxygen atoms in total. The van der Waals surface area contributed by atoms with Crippen molar-refractivity contribution in [1.82, 2.24) is 14.9 Å². The predicted octanol–water partition coefficient (Wildman–Crippen LogP) is 3.85. The van der Waals surface area contributed by atoms with Crippen LogP contribution in [0.15, 0.2) is 48.5 Å². The van der Waals surface area contributed by atoms with Crippen LogP contribution in [0.5, 0.6) is 0 Å². The van der Waals surface area contributed by atoms with Gasteiger partial charge in [0.15, 0.2) is 0 Å². The minimum absolute atomic E-state index is 0.115. The van der Waals surface area contributed by atoms with E-state index in [1.54, 1.807) is 0 Å². The number of carbonyl (C=O) groups excluding carboxylic acids is 1. The van der Waals surface area contributed by atoms with Crippen molar-refractivity contribution in [2.24, 2.45) is 0 Å². The van der Waals surface area contributed by atoms with Gasteiger partial charge in [0, 0.05) is 25.9 Å². The normalized spacial score (nSPS) is 11.0. The molecule has 0 saturated heterocycles. The highest BCUT2D eigenvalue weighted by Gasteiger charge is 2.11. The molecule has 130 valence electrons. The number of nitrogens with one attached hydrogen (secondary N) is 1. The highest BCUT2D eigenvalue weighted by atomic mass is 16.1. The number of rotatable bonds is 7. The first-order valence-electron chi connectivity index (χ1n) is 8.93. The Hall–Kier alpha value is -2.62. The summed E-state index contributed by atoms with van der Waals surface area (Å²) in [5.41, 5.74) is 4.67. The molecule has 0 bridgehead atoms. The molecule has 1 N–H and O–H groups in total. The number of hydrogen-bond acceptors (Lipinski definition) is 2. The van der Waals surface area contributed by atoms with Crippen LogP contribution in [-0.2, 0) is 17.8 Å². The van der Waals surface area contributed by atoms with E-state index in [-0.39, 0.29) is 5.91 Å². The summed E-state index contributed by atoms with van der Waals surface area (Å²) in [6, 6.07) is 16.8. The second-order valence-electron chi connectivity index (χ2n) is 6.44. The summed E-state index contributed by atoms with van der Waals surface area (Å²) in [6.07, 6.45) is 2.19. The quantitative estimate of drug-likeness (QED) is 0.713. The highest BCUT2D eigenvalue weighted by Crippen LogP contribution is 2.18. The van der Waals surface area contributed by atoms with Crippen molar-refractivity contribution in [2.75, 3.05) is 6.54 Å². The van der Waals surface area contributed by atoms with Crippen LogP contribution in [0, 0.1) is 6.92 Å². The molecule has 25 heavy (non-hydrogen) atoms. The molecule has 1 amide bonds. The molecule has 0 radical (unpaired) electrons. The molecule has 0 fully saturated rings. The van der Waals surface area contributed by atoms with Crippen LogP contribution < -0.4 is 5.32 Å². The Morgan fingerprint density at radius 1 is 1.16 bits per heavy atom. The number of benzene rings is 2. The summed E-state index contributed by atoms with van der Waals surface area (Å²) in [5, 5.41) is 2.98. The second kappa shape index (κ2) is 7.97. The first-order valence-corrected chi connectivity index (χ1v) is 8.93. The van der Waals surface area contributed by atoms with Crippen molar-refractivity contribution < 1.29 is 4.79 Å². The van der Waals surface area contributed by atoms with Gasteiger partial charge in [0.1, 0.15) is 5.82 Å². The third kappa shape index (κ3) is 4.27. The van der Waals surface area contributed by atoms with Gasteiger partial charge in [-0.2, -0.15) is 0 Å². The van der Waals surface area contributed by atoms with Crippen LogP contribution in [-0.4, -0.2) is 22.0 Å². The number of aromatic nitrogens is 2. The summed E-state index contributed by atoms with van der Waals surface area (Å²) in [6.45, 7) is 5.54. The number of imidazole rings is 1. The second-order valence-corrected chi connectivity index (χ2v) is 6.44. The molecule has 1 aromatic heterocycles. The molecule has 0 atom stereocenters. The minimum Gasteiger partial charge on any atom is -0.356 e. The zero-order valence-electron chi connectivity index (χ0n) is 15.0. The van der Waals surface area contributed by atoms with E-state index in [0.717, 1.165) is 36.2 Å². The van der Waals surface area contributed by atoms with Crippen molar-refractivity contribution >= 4 is 16.9 Å². The Morgan fingerprint density at radius 2 is 2.00 bits per heavy atom. The van der Waals surface area contributed by atoms with Gasteiger partial charge < -0.3 is 9.88 Å². The summed E-state index contributed by atoms with van der Waals surface area (Å²) in [4.78, 5) is 16.5. The molecule has 0 unspecified atom stereocenters. The maximum Gasteiger partial charge on any atom is 0.219 e. The predicted molar refractivity (Wildman–Crippen MR) is 102 cm³/mol. The molecule has 2 aromatic carbocycles. The lowest BCUT2D eigenvalue weighted by Crippen LogP contribution is -2.26. The molecule has 4 heteroatoms. The van der Waals surface area contributed by atoms with Crippen molar-refractivity contribution in [2.45, 2.75) is 39.7 Å². The van der Waals surface area contributed by atoms with Crippen LogP contribution in [0.3, 0.4) is 0 Å². The fraction of sp³-hybridized carbons (Fsp3) is 0.333. The topological polar surface area (TPSA) is 46.9 Å². The van der Waals surface area contributed by atoms with E-state index in [4.69, 9.17) is 4.98 Å². The van der Waals surface area contributed by atoms with Gasteiger partial charge in [0.05, 0.1) is 11.0 Å². The lowest BCUT2D eigenvalue weighted by molar-refractivity contribution is -0.121. The van der Waals surface area contributed by atoms with Gasteiger partial charge in [-0.25, -0.2) is 4.98 Å². The van der Waals surface area contributed by atoms with E-state index in [1.165, 1.54) is 11.1 Å². The van der Waals surface area contributed by atoms with E-state index in [0.29, 0.717) is 13.0 Å². The van der Waals surface area contributed by atoms with E-state index in [9.17, 15) is 4.79 Å². The van der Waals surface area contributed by atoms with Crippen molar-refractivity contribution in [3.63, 3.8) is 0 Å². The minimum atomic E-state index is 0.115. The Balaban J connectivity index is 1.83. The van der Waals surface area contributed by atoms with Gasteiger partial charge in [-0.3, -0.25) is 4.79 Å². The average Bonchev–Trinajstić information content (AvgIpc) is 2.93. The maximum atomic E-state index is 11.7. The fourth-order valence-electron chi connectivity index (χ4n) is 3.11. The summed E-state index contributed by atoms with van der Waals surface area (Å²) in [7, 11) is 0. The maximum absolute atomic E-state index is 11.7. The number of para-hydroxylation sites is 2.